The highest BCUT2D eigenvalue weighted by atomic mass is 16.6. The molecule has 158 valence electrons. The summed E-state index contributed by atoms with van der Waals surface area (Å²) in [6.07, 6.45) is 4.58. The van der Waals surface area contributed by atoms with Crippen LogP contribution in [0.2, 0.25) is 0 Å². The van der Waals surface area contributed by atoms with Gasteiger partial charge in [0, 0.05) is 6.07 Å². The summed E-state index contributed by atoms with van der Waals surface area (Å²) in [5.74, 6) is -3.45. The minimum Gasteiger partial charge on any atom is -0.454 e. The number of carbonyl (C=O) groups is 4. The van der Waals surface area contributed by atoms with Gasteiger partial charge >= 0.3 is 5.97 Å². The first-order valence-corrected chi connectivity index (χ1v) is 9.44. The Kier molecular flexibility index (Phi) is 5.95. The summed E-state index contributed by atoms with van der Waals surface area (Å²) in [6.45, 7) is 2.25. The van der Waals surface area contributed by atoms with Gasteiger partial charge in [0.15, 0.2) is 6.61 Å². The lowest BCUT2D eigenvalue weighted by Gasteiger charge is -2.21. The van der Waals surface area contributed by atoms with Crippen molar-refractivity contribution in [3.05, 3.63) is 46.0 Å². The van der Waals surface area contributed by atoms with Crippen molar-refractivity contribution >= 4 is 35.1 Å². The quantitative estimate of drug-likeness (QED) is 0.246. The zero-order chi connectivity index (χ0) is 22.0. The van der Waals surface area contributed by atoms with Gasteiger partial charge in [-0.25, -0.2) is 4.79 Å². The van der Waals surface area contributed by atoms with Crippen LogP contribution >= 0.6 is 0 Å². The SMILES string of the molecule is Cc1cccc([N+](=O)[O-])c1NC(=O)COC(=O)[C@H](C)N1C(=O)[C@H]2CC=CC[C@@H]2C1=O. The molecule has 0 bridgehead atoms. The summed E-state index contributed by atoms with van der Waals surface area (Å²) < 4.78 is 4.96. The van der Waals surface area contributed by atoms with Gasteiger partial charge in [0.2, 0.25) is 11.8 Å². The standard InChI is InChI=1S/C20H21N3O7/c1-11-6-5-9-15(23(28)29)17(11)21-16(24)10-30-20(27)12(2)22-18(25)13-7-3-4-8-14(13)19(22)26/h3-6,9,12-14H,7-8,10H2,1-2H3,(H,21,24)/t12-,13-,14-/m0/s1. The molecule has 1 aliphatic heterocycles. The van der Waals surface area contributed by atoms with E-state index in [-0.39, 0.29) is 11.4 Å². The van der Waals surface area contributed by atoms with E-state index in [1.807, 2.05) is 12.2 Å². The fourth-order valence-corrected chi connectivity index (χ4v) is 3.71. The monoisotopic (exact) mass is 415 g/mol. The van der Waals surface area contributed by atoms with Crippen LogP contribution in [-0.2, 0) is 23.9 Å². The van der Waals surface area contributed by atoms with E-state index in [0.29, 0.717) is 18.4 Å². The minimum absolute atomic E-state index is 0.0121. The van der Waals surface area contributed by atoms with E-state index in [1.54, 1.807) is 13.0 Å². The normalized spacial score (nSPS) is 21.2. The Morgan fingerprint density at radius 1 is 1.23 bits per heavy atom. The number of amides is 3. The smallest absolute Gasteiger partial charge is 0.329 e. The first-order chi connectivity index (χ1) is 14.2. The van der Waals surface area contributed by atoms with Gasteiger partial charge in [-0.2, -0.15) is 0 Å². The van der Waals surface area contributed by atoms with Gasteiger partial charge in [-0.05, 0) is 32.3 Å². The number of ether oxygens (including phenoxy) is 1. The highest BCUT2D eigenvalue weighted by Crippen LogP contribution is 2.36. The number of nitrogens with zero attached hydrogens (tertiary/aromatic N) is 2. The van der Waals surface area contributed by atoms with E-state index >= 15 is 0 Å². The lowest BCUT2D eigenvalue weighted by molar-refractivity contribution is -0.384. The van der Waals surface area contributed by atoms with Crippen molar-refractivity contribution in [2.24, 2.45) is 11.8 Å². The number of aryl methyl sites for hydroxylation is 1. The number of nitrogens with one attached hydrogen (secondary N) is 1. The second-order valence-corrected chi connectivity index (χ2v) is 7.26. The highest BCUT2D eigenvalue weighted by molar-refractivity contribution is 6.08. The number of para-hydroxylation sites is 1. The van der Waals surface area contributed by atoms with Gasteiger partial charge in [0.05, 0.1) is 16.8 Å². The minimum atomic E-state index is -1.17. The fourth-order valence-electron chi connectivity index (χ4n) is 3.71. The zero-order valence-corrected chi connectivity index (χ0v) is 16.5. The van der Waals surface area contributed by atoms with Gasteiger partial charge in [0.25, 0.3) is 11.6 Å². The summed E-state index contributed by atoms with van der Waals surface area (Å²) in [5.41, 5.74) is 0.201. The molecule has 1 saturated heterocycles. The number of esters is 1. The van der Waals surface area contributed by atoms with Crippen LogP contribution in [0, 0.1) is 28.9 Å². The van der Waals surface area contributed by atoms with E-state index in [4.69, 9.17) is 4.74 Å². The molecule has 3 amide bonds. The first-order valence-electron chi connectivity index (χ1n) is 9.44. The Bertz CT molecular complexity index is 930. The molecule has 30 heavy (non-hydrogen) atoms. The molecule has 10 nitrogen and oxygen atoms in total. The molecule has 3 rings (SSSR count). The molecule has 0 radical (unpaired) electrons. The molecule has 0 unspecified atom stereocenters. The average molecular weight is 415 g/mol. The lowest BCUT2D eigenvalue weighted by Crippen LogP contribution is -2.45. The summed E-state index contributed by atoms with van der Waals surface area (Å²) in [7, 11) is 0. The molecule has 1 heterocycles. The maximum absolute atomic E-state index is 12.5. The number of allylic oxidation sites excluding steroid dienone is 2. The molecular formula is C20H21N3O7. The number of likely N-dealkylation sites (tertiary alicyclic amines) is 1. The number of rotatable bonds is 6. The van der Waals surface area contributed by atoms with Crippen molar-refractivity contribution < 1.29 is 28.8 Å². The third-order valence-electron chi connectivity index (χ3n) is 5.33. The molecule has 2 aliphatic rings. The molecule has 1 fully saturated rings. The number of benzene rings is 1. The second kappa shape index (κ2) is 8.44. The van der Waals surface area contributed by atoms with Crippen molar-refractivity contribution in [3.8, 4) is 0 Å². The number of anilines is 1. The maximum atomic E-state index is 12.5. The Labute approximate surface area is 172 Å². The molecule has 0 aromatic heterocycles. The van der Waals surface area contributed by atoms with Gasteiger partial charge in [-0.15, -0.1) is 0 Å². The van der Waals surface area contributed by atoms with Crippen LogP contribution in [0.15, 0.2) is 30.4 Å². The topological polar surface area (TPSA) is 136 Å². The van der Waals surface area contributed by atoms with Gasteiger partial charge in [-0.1, -0.05) is 24.3 Å². The Hall–Kier alpha value is -3.56. The van der Waals surface area contributed by atoms with Gasteiger partial charge in [0.1, 0.15) is 11.7 Å². The summed E-state index contributed by atoms with van der Waals surface area (Å²) in [5, 5.41) is 13.5. The molecule has 10 heteroatoms. The number of hydrogen-bond donors (Lipinski definition) is 1. The highest BCUT2D eigenvalue weighted by Gasteiger charge is 2.50. The van der Waals surface area contributed by atoms with Crippen LogP contribution in [-0.4, -0.2) is 46.2 Å². The molecule has 3 atom stereocenters. The molecule has 0 spiro atoms. The first kappa shape index (κ1) is 21.2. The molecular weight excluding hydrogens is 394 g/mol. The number of carbonyl (C=O) groups excluding carboxylic acids is 4. The van der Waals surface area contributed by atoms with E-state index < -0.39 is 53.1 Å². The number of nitro groups is 1. The summed E-state index contributed by atoms with van der Waals surface area (Å²) >= 11 is 0. The van der Waals surface area contributed by atoms with Crippen LogP contribution in [0.3, 0.4) is 0 Å². The van der Waals surface area contributed by atoms with Crippen LogP contribution in [0.1, 0.15) is 25.3 Å². The predicted molar refractivity (Wildman–Crippen MR) is 104 cm³/mol. The zero-order valence-electron chi connectivity index (χ0n) is 16.5. The van der Waals surface area contributed by atoms with Gasteiger partial charge in [-0.3, -0.25) is 29.4 Å². The van der Waals surface area contributed by atoms with Gasteiger partial charge < -0.3 is 10.1 Å². The molecule has 1 aromatic rings. The largest absolute Gasteiger partial charge is 0.454 e. The predicted octanol–water partition coefficient (Wildman–Crippen LogP) is 1.72. The average Bonchev–Trinajstić information content (AvgIpc) is 2.97. The number of hydrogen-bond acceptors (Lipinski definition) is 7. The van der Waals surface area contributed by atoms with Crippen LogP contribution < -0.4 is 5.32 Å². The van der Waals surface area contributed by atoms with E-state index in [2.05, 4.69) is 5.32 Å². The summed E-state index contributed by atoms with van der Waals surface area (Å²) in [4.78, 5) is 61.0. The van der Waals surface area contributed by atoms with Crippen molar-refractivity contribution in [3.63, 3.8) is 0 Å². The number of imide groups is 1. The third-order valence-corrected chi connectivity index (χ3v) is 5.33. The number of nitro benzene ring substituents is 1. The molecule has 1 aliphatic carbocycles. The Balaban J connectivity index is 1.61. The maximum Gasteiger partial charge on any atom is 0.329 e. The Morgan fingerprint density at radius 2 is 1.83 bits per heavy atom. The van der Waals surface area contributed by atoms with E-state index in [9.17, 15) is 29.3 Å². The van der Waals surface area contributed by atoms with E-state index in [0.717, 1.165) is 4.90 Å². The summed E-state index contributed by atoms with van der Waals surface area (Å²) in [6, 6.07) is 3.16. The van der Waals surface area contributed by atoms with Crippen LogP contribution in [0.25, 0.3) is 0 Å². The van der Waals surface area contributed by atoms with Crippen LogP contribution in [0.5, 0.6) is 0 Å². The van der Waals surface area contributed by atoms with Crippen LogP contribution in [0.4, 0.5) is 11.4 Å². The molecule has 0 saturated carbocycles. The second-order valence-electron chi connectivity index (χ2n) is 7.26. The molecule has 1 N–H and O–H groups in total. The van der Waals surface area contributed by atoms with Crippen molar-refractivity contribution in [1.29, 1.82) is 0 Å². The number of fused-ring (bicyclic) bond motifs is 1. The molecule has 1 aromatic carbocycles. The van der Waals surface area contributed by atoms with Crippen molar-refractivity contribution in [2.75, 3.05) is 11.9 Å². The lowest BCUT2D eigenvalue weighted by atomic mass is 9.85. The van der Waals surface area contributed by atoms with E-state index in [1.165, 1.54) is 19.1 Å². The van der Waals surface area contributed by atoms with Crippen molar-refractivity contribution in [2.45, 2.75) is 32.7 Å². The third kappa shape index (κ3) is 3.93. The fraction of sp³-hybridized carbons (Fsp3) is 0.400. The van der Waals surface area contributed by atoms with Crippen molar-refractivity contribution in [1.82, 2.24) is 4.90 Å². The Morgan fingerprint density at radius 3 is 2.40 bits per heavy atom.